The topological polar surface area (TPSA) is 92.7 Å². The Hall–Kier alpha value is -2.38. The van der Waals surface area contributed by atoms with E-state index in [1.54, 1.807) is 24.3 Å². The quantitative estimate of drug-likeness (QED) is 0.590. The smallest absolute Gasteiger partial charge is 0.294 e. The highest BCUT2D eigenvalue weighted by Gasteiger charge is 2.11. The van der Waals surface area contributed by atoms with Crippen molar-refractivity contribution in [3.63, 3.8) is 0 Å². The molecule has 2 rings (SSSR count). The number of hydrogen-bond acceptors (Lipinski definition) is 4. The SMILES string of the molecule is CCCCOc1ccc(C(=O)Nc2cccc(S(=O)(=O)O)c2)cc1. The fraction of sp³-hybridized carbons (Fsp3) is 0.235. The van der Waals surface area contributed by atoms with Crippen molar-refractivity contribution in [3.8, 4) is 5.75 Å². The van der Waals surface area contributed by atoms with Crippen molar-refractivity contribution in [2.24, 2.45) is 0 Å². The summed E-state index contributed by atoms with van der Waals surface area (Å²) in [5.74, 6) is 0.302. The van der Waals surface area contributed by atoms with Gasteiger partial charge in [0.15, 0.2) is 0 Å². The molecular weight excluding hydrogens is 330 g/mol. The first-order valence-corrected chi connectivity index (χ1v) is 8.96. The van der Waals surface area contributed by atoms with Gasteiger partial charge in [0.2, 0.25) is 0 Å². The van der Waals surface area contributed by atoms with Gasteiger partial charge in [-0.1, -0.05) is 19.4 Å². The minimum Gasteiger partial charge on any atom is -0.494 e. The van der Waals surface area contributed by atoms with E-state index in [2.05, 4.69) is 12.2 Å². The van der Waals surface area contributed by atoms with Gasteiger partial charge in [0.25, 0.3) is 16.0 Å². The highest BCUT2D eigenvalue weighted by Crippen LogP contribution is 2.17. The minimum absolute atomic E-state index is 0.276. The Morgan fingerprint density at radius 3 is 2.50 bits per heavy atom. The third-order valence-electron chi connectivity index (χ3n) is 3.27. The van der Waals surface area contributed by atoms with Gasteiger partial charge in [-0.15, -0.1) is 0 Å². The van der Waals surface area contributed by atoms with Crippen LogP contribution in [-0.2, 0) is 10.1 Å². The third kappa shape index (κ3) is 5.07. The molecule has 7 heteroatoms. The number of unbranched alkanes of at least 4 members (excludes halogenated alkanes) is 1. The first kappa shape index (κ1) is 18.0. The molecule has 0 saturated heterocycles. The number of carbonyl (C=O) groups is 1. The summed E-state index contributed by atoms with van der Waals surface area (Å²) in [6.45, 7) is 2.71. The number of carbonyl (C=O) groups excluding carboxylic acids is 1. The first-order chi connectivity index (χ1) is 11.4. The average Bonchev–Trinajstić information content (AvgIpc) is 2.55. The van der Waals surface area contributed by atoms with Crippen LogP contribution in [0, 0.1) is 0 Å². The molecule has 0 unspecified atom stereocenters. The number of rotatable bonds is 7. The second kappa shape index (κ2) is 7.94. The maximum atomic E-state index is 12.2. The van der Waals surface area contributed by atoms with Crippen LogP contribution in [0.3, 0.4) is 0 Å². The Labute approximate surface area is 141 Å². The van der Waals surface area contributed by atoms with E-state index in [-0.39, 0.29) is 16.5 Å². The zero-order valence-corrected chi connectivity index (χ0v) is 14.0. The highest BCUT2D eigenvalue weighted by atomic mass is 32.2. The van der Waals surface area contributed by atoms with Gasteiger partial charge in [-0.3, -0.25) is 9.35 Å². The Morgan fingerprint density at radius 2 is 1.88 bits per heavy atom. The summed E-state index contributed by atoms with van der Waals surface area (Å²) in [6.07, 6.45) is 2.01. The predicted molar refractivity (Wildman–Crippen MR) is 91.1 cm³/mol. The van der Waals surface area contributed by atoms with Crippen LogP contribution in [0.15, 0.2) is 53.4 Å². The zero-order chi connectivity index (χ0) is 17.6. The summed E-state index contributed by atoms with van der Waals surface area (Å²) >= 11 is 0. The van der Waals surface area contributed by atoms with Crippen LogP contribution in [0.2, 0.25) is 0 Å². The van der Waals surface area contributed by atoms with E-state index in [0.717, 1.165) is 12.8 Å². The summed E-state index contributed by atoms with van der Waals surface area (Å²) in [7, 11) is -4.31. The highest BCUT2D eigenvalue weighted by molar-refractivity contribution is 7.85. The molecule has 24 heavy (non-hydrogen) atoms. The lowest BCUT2D eigenvalue weighted by atomic mass is 10.2. The van der Waals surface area contributed by atoms with Gasteiger partial charge >= 0.3 is 0 Å². The zero-order valence-electron chi connectivity index (χ0n) is 13.2. The Bertz CT molecular complexity index is 800. The molecule has 2 N–H and O–H groups in total. The van der Waals surface area contributed by atoms with Gasteiger partial charge in [-0.2, -0.15) is 8.42 Å². The van der Waals surface area contributed by atoms with Gasteiger partial charge in [0.1, 0.15) is 5.75 Å². The molecule has 0 heterocycles. The molecule has 0 atom stereocenters. The fourth-order valence-electron chi connectivity index (χ4n) is 1.97. The first-order valence-electron chi connectivity index (χ1n) is 7.52. The molecule has 0 aliphatic heterocycles. The second-order valence-corrected chi connectivity index (χ2v) is 6.60. The number of ether oxygens (including phenoxy) is 1. The maximum absolute atomic E-state index is 12.2. The van der Waals surface area contributed by atoms with Crippen LogP contribution in [0.25, 0.3) is 0 Å². The lowest BCUT2D eigenvalue weighted by Crippen LogP contribution is -2.12. The van der Waals surface area contributed by atoms with Crippen LogP contribution in [0.1, 0.15) is 30.1 Å². The Morgan fingerprint density at radius 1 is 1.17 bits per heavy atom. The molecule has 128 valence electrons. The minimum atomic E-state index is -4.31. The number of nitrogens with one attached hydrogen (secondary N) is 1. The lowest BCUT2D eigenvalue weighted by Gasteiger charge is -2.08. The van der Waals surface area contributed by atoms with E-state index in [0.29, 0.717) is 17.9 Å². The molecular formula is C17H19NO5S. The summed E-state index contributed by atoms with van der Waals surface area (Å²) in [4.78, 5) is 11.9. The van der Waals surface area contributed by atoms with Crippen molar-refractivity contribution in [2.75, 3.05) is 11.9 Å². The second-order valence-electron chi connectivity index (χ2n) is 5.18. The average molecular weight is 349 g/mol. The van der Waals surface area contributed by atoms with E-state index in [9.17, 15) is 13.2 Å². The predicted octanol–water partition coefficient (Wildman–Crippen LogP) is 3.36. The fourth-order valence-corrected chi connectivity index (χ4v) is 2.50. The van der Waals surface area contributed by atoms with Crippen LogP contribution < -0.4 is 10.1 Å². The van der Waals surface area contributed by atoms with Crippen molar-refractivity contribution < 1.29 is 22.5 Å². The Balaban J connectivity index is 2.04. The molecule has 2 aromatic carbocycles. The van der Waals surface area contributed by atoms with Crippen LogP contribution in [0.4, 0.5) is 5.69 Å². The van der Waals surface area contributed by atoms with E-state index in [4.69, 9.17) is 9.29 Å². The monoisotopic (exact) mass is 349 g/mol. The molecule has 6 nitrogen and oxygen atoms in total. The molecule has 0 spiro atoms. The van der Waals surface area contributed by atoms with Gasteiger partial charge in [0, 0.05) is 11.3 Å². The van der Waals surface area contributed by atoms with E-state index >= 15 is 0 Å². The summed E-state index contributed by atoms with van der Waals surface area (Å²) in [5.41, 5.74) is 0.688. The number of anilines is 1. The molecule has 2 aromatic rings. The van der Waals surface area contributed by atoms with E-state index in [1.165, 1.54) is 24.3 Å². The molecule has 0 fully saturated rings. The molecule has 0 aliphatic carbocycles. The van der Waals surface area contributed by atoms with Crippen molar-refractivity contribution in [2.45, 2.75) is 24.7 Å². The van der Waals surface area contributed by atoms with E-state index in [1.807, 2.05) is 0 Å². The normalized spacial score (nSPS) is 11.1. The standard InChI is InChI=1S/C17H19NO5S/c1-2-3-11-23-15-9-7-13(8-10-15)17(19)18-14-5-4-6-16(12-14)24(20,21)22/h4-10,12H,2-3,11H2,1H3,(H,18,19)(H,20,21,22). The van der Waals surface area contributed by atoms with Gasteiger partial charge < -0.3 is 10.1 Å². The van der Waals surface area contributed by atoms with Crippen LogP contribution in [-0.4, -0.2) is 25.5 Å². The van der Waals surface area contributed by atoms with Crippen molar-refractivity contribution in [1.29, 1.82) is 0 Å². The van der Waals surface area contributed by atoms with Crippen LogP contribution >= 0.6 is 0 Å². The summed E-state index contributed by atoms with van der Waals surface area (Å²) < 4.78 is 36.8. The van der Waals surface area contributed by atoms with Crippen molar-refractivity contribution >= 4 is 21.7 Å². The lowest BCUT2D eigenvalue weighted by molar-refractivity contribution is 0.102. The van der Waals surface area contributed by atoms with Gasteiger partial charge in [-0.05, 0) is 48.9 Å². The molecule has 0 saturated carbocycles. The largest absolute Gasteiger partial charge is 0.494 e. The van der Waals surface area contributed by atoms with E-state index < -0.39 is 10.1 Å². The summed E-state index contributed by atoms with van der Waals surface area (Å²) in [5, 5.41) is 2.59. The molecule has 1 amide bonds. The number of amides is 1. The molecule has 0 aromatic heterocycles. The number of hydrogen-bond donors (Lipinski definition) is 2. The molecule has 0 radical (unpaired) electrons. The number of benzene rings is 2. The van der Waals surface area contributed by atoms with Crippen molar-refractivity contribution in [1.82, 2.24) is 0 Å². The van der Waals surface area contributed by atoms with Gasteiger partial charge in [0.05, 0.1) is 11.5 Å². The third-order valence-corrected chi connectivity index (χ3v) is 4.12. The maximum Gasteiger partial charge on any atom is 0.294 e. The molecule has 0 bridgehead atoms. The van der Waals surface area contributed by atoms with Crippen molar-refractivity contribution in [3.05, 3.63) is 54.1 Å². The molecule has 0 aliphatic rings. The van der Waals surface area contributed by atoms with Gasteiger partial charge in [-0.25, -0.2) is 0 Å². The summed E-state index contributed by atoms with van der Waals surface area (Å²) in [6, 6.07) is 12.1. The Kier molecular flexibility index (Phi) is 5.94. The van der Waals surface area contributed by atoms with Crippen LogP contribution in [0.5, 0.6) is 5.75 Å².